The predicted molar refractivity (Wildman–Crippen MR) is 82.5 cm³/mol. The summed E-state index contributed by atoms with van der Waals surface area (Å²) in [5, 5.41) is 0. The van der Waals surface area contributed by atoms with E-state index < -0.39 is 5.97 Å². The minimum absolute atomic E-state index is 0.0578. The number of Topliss-reactive ketones (excluding diaryl/α,β-unsaturated/α-hetero) is 1. The van der Waals surface area contributed by atoms with Crippen LogP contribution in [0.3, 0.4) is 0 Å². The number of aryl methyl sites for hydroxylation is 1. The van der Waals surface area contributed by atoms with Crippen LogP contribution in [0.15, 0.2) is 30.3 Å². The van der Waals surface area contributed by atoms with Crippen molar-refractivity contribution in [2.24, 2.45) is 0 Å². The van der Waals surface area contributed by atoms with E-state index in [0.717, 1.165) is 5.56 Å². The molecule has 0 aliphatic carbocycles. The minimum atomic E-state index is -0.453. The van der Waals surface area contributed by atoms with Crippen molar-refractivity contribution in [3.63, 3.8) is 0 Å². The van der Waals surface area contributed by atoms with Crippen molar-refractivity contribution >= 4 is 11.8 Å². The number of methoxy groups -OCH3 is 1. The van der Waals surface area contributed by atoms with Gasteiger partial charge in [-0.15, -0.1) is 0 Å². The summed E-state index contributed by atoms with van der Waals surface area (Å²) in [6.07, 6.45) is 0.248. The summed E-state index contributed by atoms with van der Waals surface area (Å²) in [6, 6.07) is 8.92. The number of carbonyl (C=O) groups is 2. The Bertz CT molecular complexity index is 688. The Balaban J connectivity index is 2.17. The number of ether oxygens (including phenoxy) is 2. The molecule has 0 bridgehead atoms. The number of carbonyl (C=O) groups excluding carboxylic acids is 2. The molecule has 0 unspecified atom stereocenters. The lowest BCUT2D eigenvalue weighted by molar-refractivity contribution is 0.0520. The zero-order chi connectivity index (χ0) is 16.1. The van der Waals surface area contributed by atoms with Gasteiger partial charge in [-0.25, -0.2) is 4.79 Å². The van der Waals surface area contributed by atoms with Gasteiger partial charge < -0.3 is 14.5 Å². The summed E-state index contributed by atoms with van der Waals surface area (Å²) >= 11 is 0. The van der Waals surface area contributed by atoms with Gasteiger partial charge in [0.2, 0.25) is 0 Å². The Morgan fingerprint density at radius 2 is 2.00 bits per heavy atom. The van der Waals surface area contributed by atoms with E-state index in [4.69, 9.17) is 9.47 Å². The SMILES string of the molecule is CCOC(=O)c1cc(C(=O)Cc2cccc(OC)c2)c(C)[nH]1. The highest BCUT2D eigenvalue weighted by atomic mass is 16.5. The van der Waals surface area contributed by atoms with Crippen LogP contribution in [0.1, 0.15) is 39.0 Å². The number of esters is 1. The normalized spacial score (nSPS) is 10.3. The van der Waals surface area contributed by atoms with Crippen LogP contribution >= 0.6 is 0 Å². The smallest absolute Gasteiger partial charge is 0.354 e. The number of rotatable bonds is 6. The van der Waals surface area contributed by atoms with Gasteiger partial charge in [-0.1, -0.05) is 12.1 Å². The van der Waals surface area contributed by atoms with E-state index in [1.165, 1.54) is 0 Å². The van der Waals surface area contributed by atoms with Crippen LogP contribution in [0.2, 0.25) is 0 Å². The van der Waals surface area contributed by atoms with Gasteiger partial charge in [-0.05, 0) is 37.6 Å². The quantitative estimate of drug-likeness (QED) is 0.658. The molecule has 5 nitrogen and oxygen atoms in total. The van der Waals surface area contributed by atoms with Gasteiger partial charge in [0.05, 0.1) is 13.7 Å². The number of hydrogen-bond acceptors (Lipinski definition) is 4. The first kappa shape index (κ1) is 15.8. The van der Waals surface area contributed by atoms with Crippen LogP contribution in [0.5, 0.6) is 5.75 Å². The maximum absolute atomic E-state index is 12.4. The zero-order valence-corrected chi connectivity index (χ0v) is 12.9. The number of aromatic nitrogens is 1. The summed E-state index contributed by atoms with van der Waals surface area (Å²) < 4.78 is 10.1. The predicted octanol–water partition coefficient (Wildman–Crippen LogP) is 2.93. The van der Waals surface area contributed by atoms with Crippen LogP contribution in [-0.2, 0) is 11.2 Å². The molecule has 0 aliphatic heterocycles. The van der Waals surface area contributed by atoms with E-state index in [0.29, 0.717) is 29.3 Å². The highest BCUT2D eigenvalue weighted by molar-refractivity contribution is 6.01. The molecule has 0 radical (unpaired) electrons. The Hall–Kier alpha value is -2.56. The largest absolute Gasteiger partial charge is 0.497 e. The molecule has 116 valence electrons. The average Bonchev–Trinajstić information content (AvgIpc) is 2.90. The monoisotopic (exact) mass is 301 g/mol. The Kier molecular flexibility index (Phi) is 4.99. The maximum Gasteiger partial charge on any atom is 0.354 e. The van der Waals surface area contributed by atoms with Crippen molar-refractivity contribution in [1.29, 1.82) is 0 Å². The fraction of sp³-hybridized carbons (Fsp3) is 0.294. The van der Waals surface area contributed by atoms with E-state index >= 15 is 0 Å². The van der Waals surface area contributed by atoms with E-state index in [2.05, 4.69) is 4.98 Å². The third kappa shape index (κ3) is 3.55. The van der Waals surface area contributed by atoms with Crippen LogP contribution in [-0.4, -0.2) is 30.5 Å². The fourth-order valence-electron chi connectivity index (χ4n) is 2.23. The van der Waals surface area contributed by atoms with Gasteiger partial charge in [0.1, 0.15) is 11.4 Å². The third-order valence-corrected chi connectivity index (χ3v) is 3.31. The van der Waals surface area contributed by atoms with E-state index in [9.17, 15) is 9.59 Å². The molecule has 2 rings (SSSR count). The van der Waals surface area contributed by atoms with E-state index in [1.54, 1.807) is 27.0 Å². The molecule has 22 heavy (non-hydrogen) atoms. The number of ketones is 1. The lowest BCUT2D eigenvalue weighted by atomic mass is 10.0. The van der Waals surface area contributed by atoms with Crippen molar-refractivity contribution in [3.05, 3.63) is 52.8 Å². The van der Waals surface area contributed by atoms with Crippen molar-refractivity contribution in [2.75, 3.05) is 13.7 Å². The fourth-order valence-corrected chi connectivity index (χ4v) is 2.23. The first-order valence-corrected chi connectivity index (χ1v) is 7.08. The number of aromatic amines is 1. The van der Waals surface area contributed by atoms with Crippen LogP contribution < -0.4 is 4.74 Å². The van der Waals surface area contributed by atoms with Crippen molar-refractivity contribution in [3.8, 4) is 5.75 Å². The first-order valence-electron chi connectivity index (χ1n) is 7.08. The van der Waals surface area contributed by atoms with Crippen molar-refractivity contribution < 1.29 is 19.1 Å². The number of nitrogens with one attached hydrogen (secondary N) is 1. The molecule has 1 N–H and O–H groups in total. The standard InChI is InChI=1S/C17H19NO4/c1-4-22-17(20)15-10-14(11(2)18-15)16(19)9-12-6-5-7-13(8-12)21-3/h5-8,10,18H,4,9H2,1-3H3. The van der Waals surface area contributed by atoms with Gasteiger partial charge in [0, 0.05) is 17.7 Å². The van der Waals surface area contributed by atoms with Crippen LogP contribution in [0.4, 0.5) is 0 Å². The van der Waals surface area contributed by atoms with Gasteiger partial charge in [0.15, 0.2) is 5.78 Å². The molecule has 2 aromatic rings. The molecular formula is C17H19NO4. The summed E-state index contributed by atoms with van der Waals surface area (Å²) in [4.78, 5) is 27.0. The lowest BCUT2D eigenvalue weighted by Crippen LogP contribution is -2.05. The zero-order valence-electron chi connectivity index (χ0n) is 12.9. The summed E-state index contributed by atoms with van der Waals surface area (Å²) in [7, 11) is 1.59. The van der Waals surface area contributed by atoms with Gasteiger partial charge >= 0.3 is 5.97 Å². The van der Waals surface area contributed by atoms with Crippen molar-refractivity contribution in [2.45, 2.75) is 20.3 Å². The Morgan fingerprint density at radius 1 is 1.23 bits per heavy atom. The topological polar surface area (TPSA) is 68.4 Å². The Morgan fingerprint density at radius 3 is 2.68 bits per heavy atom. The van der Waals surface area contributed by atoms with Gasteiger partial charge in [-0.3, -0.25) is 4.79 Å². The second-order valence-corrected chi connectivity index (χ2v) is 4.89. The molecule has 0 spiro atoms. The molecule has 0 amide bonds. The van der Waals surface area contributed by atoms with Gasteiger partial charge in [-0.2, -0.15) is 0 Å². The molecule has 1 heterocycles. The number of H-pyrrole nitrogens is 1. The Labute approximate surface area is 129 Å². The first-order chi connectivity index (χ1) is 10.5. The molecule has 0 saturated carbocycles. The number of hydrogen-bond donors (Lipinski definition) is 1. The van der Waals surface area contributed by atoms with Crippen LogP contribution in [0.25, 0.3) is 0 Å². The highest BCUT2D eigenvalue weighted by Gasteiger charge is 2.17. The maximum atomic E-state index is 12.4. The second kappa shape index (κ2) is 6.93. The van der Waals surface area contributed by atoms with Crippen LogP contribution in [0, 0.1) is 6.92 Å². The molecule has 0 atom stereocenters. The molecule has 1 aromatic carbocycles. The third-order valence-electron chi connectivity index (χ3n) is 3.31. The molecule has 0 saturated heterocycles. The summed E-state index contributed by atoms with van der Waals surface area (Å²) in [5.74, 6) is 0.201. The molecule has 0 aliphatic rings. The molecule has 1 aromatic heterocycles. The van der Waals surface area contributed by atoms with Gasteiger partial charge in [0.25, 0.3) is 0 Å². The average molecular weight is 301 g/mol. The summed E-state index contributed by atoms with van der Waals surface area (Å²) in [5.41, 5.74) is 2.33. The molecular weight excluding hydrogens is 282 g/mol. The minimum Gasteiger partial charge on any atom is -0.497 e. The van der Waals surface area contributed by atoms with E-state index in [1.807, 2.05) is 24.3 Å². The van der Waals surface area contributed by atoms with E-state index in [-0.39, 0.29) is 12.2 Å². The summed E-state index contributed by atoms with van der Waals surface area (Å²) in [6.45, 7) is 3.80. The molecule has 0 fully saturated rings. The highest BCUT2D eigenvalue weighted by Crippen LogP contribution is 2.17. The lowest BCUT2D eigenvalue weighted by Gasteiger charge is -2.04. The number of benzene rings is 1. The van der Waals surface area contributed by atoms with Crippen molar-refractivity contribution in [1.82, 2.24) is 4.98 Å². The molecule has 5 heteroatoms. The second-order valence-electron chi connectivity index (χ2n) is 4.89.